The van der Waals surface area contributed by atoms with E-state index in [0.717, 1.165) is 24.7 Å². The summed E-state index contributed by atoms with van der Waals surface area (Å²) in [6, 6.07) is 4.14. The third-order valence-electron chi connectivity index (χ3n) is 3.78. The van der Waals surface area contributed by atoms with Crippen LogP contribution in [0.3, 0.4) is 0 Å². The fraction of sp³-hybridized carbons (Fsp3) is 0.429. The Hall–Kier alpha value is -0.390. The number of hydrogen-bond acceptors (Lipinski definition) is 4. The standard InChI is InChI=1S/C14H16ClNOS2/c15-13-2-4-19-14(13)7-16-5-11(8-17)12(6-16)10-1-3-18-9-10/h1-4,9,11-12,17H,5-8H2/t11-,12-/m0/s1. The van der Waals surface area contributed by atoms with Gasteiger partial charge in [-0.3, -0.25) is 4.90 Å². The van der Waals surface area contributed by atoms with Crippen molar-refractivity contribution >= 4 is 34.3 Å². The summed E-state index contributed by atoms with van der Waals surface area (Å²) >= 11 is 9.60. The number of nitrogens with zero attached hydrogens (tertiary/aromatic N) is 1. The summed E-state index contributed by atoms with van der Waals surface area (Å²) in [7, 11) is 0. The molecule has 0 saturated carbocycles. The van der Waals surface area contributed by atoms with E-state index in [9.17, 15) is 5.11 Å². The normalized spacial score (nSPS) is 24.1. The third-order valence-corrected chi connectivity index (χ3v) is 5.85. The zero-order chi connectivity index (χ0) is 13.2. The van der Waals surface area contributed by atoms with Gasteiger partial charge in [-0.2, -0.15) is 11.3 Å². The molecule has 5 heteroatoms. The maximum atomic E-state index is 9.59. The van der Waals surface area contributed by atoms with E-state index in [-0.39, 0.29) is 6.61 Å². The van der Waals surface area contributed by atoms with Gasteiger partial charge in [0.15, 0.2) is 0 Å². The van der Waals surface area contributed by atoms with Crippen LogP contribution in [0.4, 0.5) is 0 Å². The molecule has 3 heterocycles. The fourth-order valence-electron chi connectivity index (χ4n) is 2.78. The number of aliphatic hydroxyl groups excluding tert-OH is 1. The van der Waals surface area contributed by atoms with E-state index < -0.39 is 0 Å². The molecule has 0 unspecified atom stereocenters. The molecule has 1 fully saturated rings. The van der Waals surface area contributed by atoms with Crippen molar-refractivity contribution in [3.05, 3.63) is 43.7 Å². The molecule has 102 valence electrons. The van der Waals surface area contributed by atoms with Crippen LogP contribution in [0.25, 0.3) is 0 Å². The number of likely N-dealkylation sites (tertiary alicyclic amines) is 1. The van der Waals surface area contributed by atoms with E-state index in [2.05, 4.69) is 21.7 Å². The van der Waals surface area contributed by atoms with Crippen molar-refractivity contribution < 1.29 is 5.11 Å². The first-order valence-corrected chi connectivity index (χ1v) is 8.55. The van der Waals surface area contributed by atoms with Crippen LogP contribution >= 0.6 is 34.3 Å². The number of hydrogen-bond donors (Lipinski definition) is 1. The smallest absolute Gasteiger partial charge is 0.0558 e. The molecule has 0 aliphatic carbocycles. The maximum absolute atomic E-state index is 9.59. The average Bonchev–Trinajstić information content (AvgIpc) is 3.11. The molecular weight excluding hydrogens is 298 g/mol. The molecule has 1 aliphatic heterocycles. The van der Waals surface area contributed by atoms with E-state index in [1.54, 1.807) is 22.7 Å². The van der Waals surface area contributed by atoms with E-state index in [0.29, 0.717) is 11.8 Å². The van der Waals surface area contributed by atoms with Gasteiger partial charge in [-0.15, -0.1) is 11.3 Å². The second-order valence-electron chi connectivity index (χ2n) is 4.99. The van der Waals surface area contributed by atoms with Gasteiger partial charge >= 0.3 is 0 Å². The van der Waals surface area contributed by atoms with E-state index in [1.165, 1.54) is 10.4 Å². The third kappa shape index (κ3) is 2.88. The first kappa shape index (κ1) is 13.6. The van der Waals surface area contributed by atoms with Gasteiger partial charge in [0.25, 0.3) is 0 Å². The minimum absolute atomic E-state index is 0.259. The Morgan fingerprint density at radius 2 is 2.21 bits per heavy atom. The van der Waals surface area contributed by atoms with Crippen molar-refractivity contribution in [1.82, 2.24) is 4.90 Å². The number of halogens is 1. The lowest BCUT2D eigenvalue weighted by Gasteiger charge is -2.14. The van der Waals surface area contributed by atoms with Gasteiger partial charge < -0.3 is 5.11 Å². The van der Waals surface area contributed by atoms with Crippen molar-refractivity contribution in [2.24, 2.45) is 5.92 Å². The molecule has 0 aromatic carbocycles. The van der Waals surface area contributed by atoms with Crippen LogP contribution < -0.4 is 0 Å². The largest absolute Gasteiger partial charge is 0.396 e. The first-order chi connectivity index (χ1) is 9.28. The Kier molecular flexibility index (Phi) is 4.24. The van der Waals surface area contributed by atoms with Crippen LogP contribution in [-0.4, -0.2) is 29.7 Å². The van der Waals surface area contributed by atoms with Crippen molar-refractivity contribution in [3.8, 4) is 0 Å². The van der Waals surface area contributed by atoms with E-state index >= 15 is 0 Å². The van der Waals surface area contributed by atoms with Crippen LogP contribution in [0.5, 0.6) is 0 Å². The summed E-state index contributed by atoms with van der Waals surface area (Å²) in [5, 5.41) is 16.8. The lowest BCUT2D eigenvalue weighted by atomic mass is 9.92. The summed E-state index contributed by atoms with van der Waals surface area (Å²) in [5.41, 5.74) is 1.36. The summed E-state index contributed by atoms with van der Waals surface area (Å²) in [6.45, 7) is 3.12. The Bertz CT molecular complexity index is 525. The number of rotatable bonds is 4. The predicted octanol–water partition coefficient (Wildman–Crippen LogP) is 3.67. The molecule has 0 bridgehead atoms. The van der Waals surface area contributed by atoms with E-state index in [4.69, 9.17) is 11.6 Å². The van der Waals surface area contributed by atoms with Gasteiger partial charge in [-0.25, -0.2) is 0 Å². The summed E-state index contributed by atoms with van der Waals surface area (Å²) < 4.78 is 0. The van der Waals surface area contributed by atoms with Gasteiger partial charge in [-0.05, 0) is 33.8 Å². The number of thiophene rings is 2. The molecule has 1 N–H and O–H groups in total. The highest BCUT2D eigenvalue weighted by Crippen LogP contribution is 2.35. The molecular formula is C14H16ClNOS2. The molecule has 2 nitrogen and oxygen atoms in total. The van der Waals surface area contributed by atoms with Gasteiger partial charge in [-0.1, -0.05) is 11.6 Å². The molecule has 1 aliphatic rings. The molecule has 2 aromatic rings. The molecule has 0 radical (unpaired) electrons. The highest BCUT2D eigenvalue weighted by Gasteiger charge is 2.33. The molecule has 0 spiro atoms. The predicted molar refractivity (Wildman–Crippen MR) is 82.2 cm³/mol. The van der Waals surface area contributed by atoms with E-state index in [1.807, 2.05) is 11.4 Å². The first-order valence-electron chi connectivity index (χ1n) is 6.35. The Morgan fingerprint density at radius 1 is 1.32 bits per heavy atom. The Morgan fingerprint density at radius 3 is 2.84 bits per heavy atom. The topological polar surface area (TPSA) is 23.5 Å². The summed E-state index contributed by atoms with van der Waals surface area (Å²) in [5.74, 6) is 0.795. The minimum Gasteiger partial charge on any atom is -0.396 e. The monoisotopic (exact) mass is 313 g/mol. The van der Waals surface area contributed by atoms with Crippen molar-refractivity contribution in [1.29, 1.82) is 0 Å². The highest BCUT2D eigenvalue weighted by molar-refractivity contribution is 7.10. The molecule has 1 saturated heterocycles. The van der Waals surface area contributed by atoms with Crippen LogP contribution in [0.2, 0.25) is 5.02 Å². The fourth-order valence-corrected chi connectivity index (χ4v) is 4.64. The van der Waals surface area contributed by atoms with Crippen LogP contribution in [0, 0.1) is 5.92 Å². The Balaban J connectivity index is 1.71. The van der Waals surface area contributed by atoms with Gasteiger partial charge in [0.05, 0.1) is 5.02 Å². The summed E-state index contributed by atoms with van der Waals surface area (Å²) in [4.78, 5) is 3.63. The zero-order valence-corrected chi connectivity index (χ0v) is 12.8. The molecule has 2 aromatic heterocycles. The van der Waals surface area contributed by atoms with Crippen LogP contribution in [0.15, 0.2) is 28.3 Å². The zero-order valence-electron chi connectivity index (χ0n) is 10.5. The van der Waals surface area contributed by atoms with Crippen molar-refractivity contribution in [2.45, 2.75) is 12.5 Å². The lowest BCUT2D eigenvalue weighted by Crippen LogP contribution is -2.20. The number of aliphatic hydroxyl groups is 1. The van der Waals surface area contributed by atoms with Crippen LogP contribution in [-0.2, 0) is 6.54 Å². The highest BCUT2D eigenvalue weighted by atomic mass is 35.5. The van der Waals surface area contributed by atoms with Gasteiger partial charge in [0, 0.05) is 43.0 Å². The molecule has 19 heavy (non-hydrogen) atoms. The second-order valence-corrected chi connectivity index (χ2v) is 7.18. The van der Waals surface area contributed by atoms with Crippen LogP contribution in [0.1, 0.15) is 16.4 Å². The molecule has 3 rings (SSSR count). The molecule has 0 amide bonds. The van der Waals surface area contributed by atoms with Gasteiger partial charge in [0.1, 0.15) is 0 Å². The molecule has 2 atom stereocenters. The van der Waals surface area contributed by atoms with Gasteiger partial charge in [0.2, 0.25) is 0 Å². The summed E-state index contributed by atoms with van der Waals surface area (Å²) in [6.07, 6.45) is 0. The lowest BCUT2D eigenvalue weighted by molar-refractivity contribution is 0.214. The Labute approximate surface area is 126 Å². The average molecular weight is 314 g/mol. The second kappa shape index (κ2) is 5.94. The SMILES string of the molecule is OC[C@@H]1CN(Cc2sccc2Cl)C[C@H]1c1ccsc1. The maximum Gasteiger partial charge on any atom is 0.0558 e. The van der Waals surface area contributed by atoms with Crippen molar-refractivity contribution in [2.75, 3.05) is 19.7 Å². The minimum atomic E-state index is 0.259. The quantitative estimate of drug-likeness (QED) is 0.931. The van der Waals surface area contributed by atoms with Crippen molar-refractivity contribution in [3.63, 3.8) is 0 Å².